The molecule has 3 nitrogen and oxygen atoms in total. The molecule has 0 bridgehead atoms. The van der Waals surface area contributed by atoms with Gasteiger partial charge in [0.1, 0.15) is 0 Å². The maximum atomic E-state index is 11.2. The van der Waals surface area contributed by atoms with Crippen molar-refractivity contribution in [2.24, 2.45) is 0 Å². The summed E-state index contributed by atoms with van der Waals surface area (Å²) < 4.78 is 23.4. The zero-order valence-electron chi connectivity index (χ0n) is 7.91. The molecule has 0 aliphatic carbocycles. The van der Waals surface area contributed by atoms with Crippen LogP contribution in [0.3, 0.4) is 0 Å². The van der Waals surface area contributed by atoms with Crippen LogP contribution in [0.2, 0.25) is 0 Å². The molecule has 12 heavy (non-hydrogen) atoms. The second-order valence-corrected chi connectivity index (χ2v) is 5.17. The standard InChI is InChI=1S/C8H18NO2S/c1-4-5-6-7-8-12(10,11)9(2)3/h2,4-8H2,1,3H3. The van der Waals surface area contributed by atoms with Crippen molar-refractivity contribution in [3.63, 3.8) is 0 Å². The summed E-state index contributed by atoms with van der Waals surface area (Å²) in [6.07, 6.45) is 3.97. The minimum Gasteiger partial charge on any atom is -0.212 e. The summed E-state index contributed by atoms with van der Waals surface area (Å²) in [5, 5.41) is 0. The van der Waals surface area contributed by atoms with Crippen molar-refractivity contribution in [1.82, 2.24) is 4.31 Å². The molecule has 0 aliphatic heterocycles. The van der Waals surface area contributed by atoms with Gasteiger partial charge in [-0.15, -0.1) is 0 Å². The third-order valence-electron chi connectivity index (χ3n) is 1.73. The molecule has 0 rings (SSSR count). The molecule has 0 saturated heterocycles. The predicted molar refractivity (Wildman–Crippen MR) is 51.0 cm³/mol. The second-order valence-electron chi connectivity index (χ2n) is 2.97. The van der Waals surface area contributed by atoms with Crippen LogP contribution in [0.5, 0.6) is 0 Å². The summed E-state index contributed by atoms with van der Waals surface area (Å²) in [7, 11) is 1.77. The van der Waals surface area contributed by atoms with E-state index in [0.717, 1.165) is 30.0 Å². The van der Waals surface area contributed by atoms with E-state index in [1.54, 1.807) is 0 Å². The summed E-state index contributed by atoms with van der Waals surface area (Å²) in [5.41, 5.74) is 0. The topological polar surface area (TPSA) is 37.4 Å². The molecule has 0 atom stereocenters. The van der Waals surface area contributed by atoms with E-state index in [9.17, 15) is 8.42 Å². The monoisotopic (exact) mass is 192 g/mol. The Bertz CT molecular complexity index is 197. The number of hydrogen-bond acceptors (Lipinski definition) is 2. The maximum Gasteiger partial charge on any atom is 0.213 e. The first-order chi connectivity index (χ1) is 5.50. The highest BCUT2D eigenvalue weighted by atomic mass is 32.2. The molecule has 0 aromatic rings. The van der Waals surface area contributed by atoms with E-state index < -0.39 is 10.0 Å². The number of nitrogens with zero attached hydrogens (tertiary/aromatic N) is 1. The van der Waals surface area contributed by atoms with Gasteiger partial charge in [0, 0.05) is 14.1 Å². The molecule has 0 saturated carbocycles. The van der Waals surface area contributed by atoms with Gasteiger partial charge in [0.05, 0.1) is 5.75 Å². The first-order valence-corrected chi connectivity index (χ1v) is 5.88. The SMILES string of the molecule is [CH2]N(C)S(=O)(=O)CCCCCC. The summed E-state index contributed by atoms with van der Waals surface area (Å²) >= 11 is 0. The van der Waals surface area contributed by atoms with Crippen molar-refractivity contribution in [3.8, 4) is 0 Å². The van der Waals surface area contributed by atoms with Crippen LogP contribution in [-0.4, -0.2) is 25.5 Å². The van der Waals surface area contributed by atoms with E-state index >= 15 is 0 Å². The van der Waals surface area contributed by atoms with Gasteiger partial charge in [0.2, 0.25) is 10.0 Å². The fraction of sp³-hybridized carbons (Fsp3) is 0.875. The van der Waals surface area contributed by atoms with Crippen molar-refractivity contribution in [2.75, 3.05) is 12.8 Å². The third-order valence-corrected chi connectivity index (χ3v) is 3.49. The first-order valence-electron chi connectivity index (χ1n) is 4.28. The lowest BCUT2D eigenvalue weighted by molar-refractivity contribution is 0.532. The number of unbranched alkanes of at least 4 members (excludes halogenated alkanes) is 3. The van der Waals surface area contributed by atoms with Gasteiger partial charge >= 0.3 is 0 Å². The Morgan fingerprint density at radius 2 is 1.83 bits per heavy atom. The van der Waals surface area contributed by atoms with E-state index in [2.05, 4.69) is 14.0 Å². The van der Waals surface area contributed by atoms with Gasteiger partial charge in [-0.2, -0.15) is 0 Å². The van der Waals surface area contributed by atoms with Crippen LogP contribution in [0, 0.1) is 7.05 Å². The largest absolute Gasteiger partial charge is 0.213 e. The van der Waals surface area contributed by atoms with Crippen LogP contribution in [0.15, 0.2) is 0 Å². The van der Waals surface area contributed by atoms with E-state index in [4.69, 9.17) is 0 Å². The molecule has 4 heteroatoms. The summed E-state index contributed by atoms with van der Waals surface area (Å²) in [5.74, 6) is 0.229. The molecule has 0 aromatic carbocycles. The van der Waals surface area contributed by atoms with E-state index in [1.165, 1.54) is 7.05 Å². The van der Waals surface area contributed by atoms with Crippen molar-refractivity contribution in [1.29, 1.82) is 0 Å². The lowest BCUT2D eigenvalue weighted by atomic mass is 10.2. The molecule has 0 heterocycles. The zero-order chi connectivity index (χ0) is 9.61. The van der Waals surface area contributed by atoms with Crippen LogP contribution >= 0.6 is 0 Å². The third kappa shape index (κ3) is 4.72. The Morgan fingerprint density at radius 1 is 1.25 bits per heavy atom. The van der Waals surface area contributed by atoms with Gasteiger partial charge in [-0.25, -0.2) is 12.7 Å². The zero-order valence-corrected chi connectivity index (χ0v) is 8.73. The highest BCUT2D eigenvalue weighted by Crippen LogP contribution is 2.04. The molecular weight excluding hydrogens is 174 g/mol. The van der Waals surface area contributed by atoms with Crippen LogP contribution < -0.4 is 0 Å². The van der Waals surface area contributed by atoms with Crippen molar-refractivity contribution in [3.05, 3.63) is 7.05 Å². The van der Waals surface area contributed by atoms with Gasteiger partial charge in [0.25, 0.3) is 0 Å². The van der Waals surface area contributed by atoms with Gasteiger partial charge in [-0.3, -0.25) is 0 Å². The smallest absolute Gasteiger partial charge is 0.212 e. The van der Waals surface area contributed by atoms with Crippen molar-refractivity contribution in [2.45, 2.75) is 32.6 Å². The van der Waals surface area contributed by atoms with Crippen LogP contribution in [-0.2, 0) is 10.0 Å². The van der Waals surface area contributed by atoms with E-state index in [-0.39, 0.29) is 5.75 Å². The summed E-state index contributed by atoms with van der Waals surface area (Å²) in [4.78, 5) is 0. The minimum absolute atomic E-state index is 0.229. The molecule has 0 unspecified atom stereocenters. The lowest BCUT2D eigenvalue weighted by Gasteiger charge is -2.09. The molecule has 0 N–H and O–H groups in total. The molecule has 0 spiro atoms. The van der Waals surface area contributed by atoms with Crippen LogP contribution in [0.25, 0.3) is 0 Å². The molecule has 0 aromatic heterocycles. The Labute approximate surface area is 75.8 Å². The fourth-order valence-electron chi connectivity index (χ4n) is 0.867. The number of sulfonamides is 1. The van der Waals surface area contributed by atoms with Gasteiger partial charge in [-0.1, -0.05) is 26.2 Å². The minimum atomic E-state index is -3.06. The van der Waals surface area contributed by atoms with Crippen molar-refractivity contribution < 1.29 is 8.42 Å². The average Bonchev–Trinajstić information content (AvgIpc) is 1.98. The first kappa shape index (κ1) is 11.9. The van der Waals surface area contributed by atoms with Crippen LogP contribution in [0.1, 0.15) is 32.6 Å². The molecular formula is C8H18NO2S. The summed E-state index contributed by atoms with van der Waals surface area (Å²) in [6.45, 7) is 2.10. The Hall–Kier alpha value is -0.0900. The highest BCUT2D eigenvalue weighted by molar-refractivity contribution is 7.89. The molecule has 0 aliphatic rings. The number of rotatable bonds is 6. The number of hydrogen-bond donors (Lipinski definition) is 0. The van der Waals surface area contributed by atoms with Crippen LogP contribution in [0.4, 0.5) is 0 Å². The second kappa shape index (κ2) is 5.54. The Morgan fingerprint density at radius 3 is 2.25 bits per heavy atom. The predicted octanol–water partition coefficient (Wildman–Crippen LogP) is 1.62. The van der Waals surface area contributed by atoms with Gasteiger partial charge < -0.3 is 0 Å². The molecule has 0 amide bonds. The fourth-order valence-corrected chi connectivity index (χ4v) is 1.75. The highest BCUT2D eigenvalue weighted by Gasteiger charge is 2.11. The van der Waals surface area contributed by atoms with Gasteiger partial charge in [-0.05, 0) is 6.42 Å². The molecule has 0 fully saturated rings. The normalized spacial score (nSPS) is 12.3. The maximum absolute atomic E-state index is 11.2. The molecule has 1 radical (unpaired) electrons. The van der Waals surface area contributed by atoms with Gasteiger partial charge in [0.15, 0.2) is 0 Å². The summed E-state index contributed by atoms with van der Waals surface area (Å²) in [6, 6.07) is 0. The quantitative estimate of drug-likeness (QED) is 0.600. The van der Waals surface area contributed by atoms with E-state index in [1.807, 2.05) is 0 Å². The average molecular weight is 192 g/mol. The Kier molecular flexibility index (Phi) is 5.50. The lowest BCUT2D eigenvalue weighted by Crippen LogP contribution is -2.23. The van der Waals surface area contributed by atoms with E-state index in [0.29, 0.717) is 0 Å². The molecule has 73 valence electrons. The Balaban J connectivity index is 3.63. The van der Waals surface area contributed by atoms with Crippen molar-refractivity contribution >= 4 is 10.0 Å².